The Labute approximate surface area is 232 Å². The van der Waals surface area contributed by atoms with E-state index in [1.165, 1.54) is 30.3 Å². The fraction of sp³-hybridized carbons (Fsp3) is 0.304. The summed E-state index contributed by atoms with van der Waals surface area (Å²) in [5, 5.41) is 0.207. The molecule has 2 aliphatic rings. The maximum atomic E-state index is 13.8. The largest absolute Gasteiger partial charge is 0.366 e. The van der Waals surface area contributed by atoms with Crippen molar-refractivity contribution >= 4 is 62.5 Å². The zero-order chi connectivity index (χ0) is 28.0. The molecule has 4 rings (SSSR count). The minimum Gasteiger partial charge on any atom is -0.366 e. The maximum Gasteiger partial charge on any atom is 0.261 e. The van der Waals surface area contributed by atoms with Crippen molar-refractivity contribution in [1.29, 1.82) is 0 Å². The van der Waals surface area contributed by atoms with Gasteiger partial charge < -0.3 is 15.5 Å². The van der Waals surface area contributed by atoms with Gasteiger partial charge in [-0.05, 0) is 35.9 Å². The van der Waals surface area contributed by atoms with Crippen LogP contribution in [0.1, 0.15) is 5.56 Å². The number of sulfonamides is 1. The van der Waals surface area contributed by atoms with Crippen molar-refractivity contribution in [2.24, 2.45) is 5.73 Å². The molecule has 2 aromatic carbocycles. The number of rotatable bonds is 7. The maximum absolute atomic E-state index is 13.8. The predicted octanol–water partition coefficient (Wildman–Crippen LogP) is 2.46. The van der Waals surface area contributed by atoms with Crippen molar-refractivity contribution in [1.82, 2.24) is 14.1 Å². The number of piperazine rings is 1. The molecule has 0 spiro atoms. The second-order valence-electron chi connectivity index (χ2n) is 8.58. The molecule has 15 heteroatoms. The summed E-state index contributed by atoms with van der Waals surface area (Å²) in [5.41, 5.74) is 3.64. The van der Waals surface area contributed by atoms with Gasteiger partial charge in [-0.1, -0.05) is 46.9 Å². The normalized spacial score (nSPS) is 22.6. The second kappa shape index (κ2) is 10.6. The van der Waals surface area contributed by atoms with Crippen LogP contribution in [0.5, 0.6) is 0 Å². The zero-order valence-corrected chi connectivity index (χ0v) is 22.4. The molecule has 0 aliphatic carbocycles. The average Bonchev–Trinajstić information content (AvgIpc) is 2.82. The smallest absolute Gasteiger partial charge is 0.261 e. The van der Waals surface area contributed by atoms with E-state index in [0.717, 1.165) is 12.1 Å². The number of nitrogens with zero attached hydrogens (tertiary/aromatic N) is 3. The summed E-state index contributed by atoms with van der Waals surface area (Å²) >= 11 is 18.0. The Morgan fingerprint density at radius 1 is 1.11 bits per heavy atom. The molecule has 2 unspecified atom stereocenters. The number of hydrogen-bond donors (Lipinski definition) is 1. The molecule has 0 saturated carbocycles. The number of benzene rings is 2. The number of carbonyl (C=O) groups is 3. The van der Waals surface area contributed by atoms with Crippen LogP contribution in [0.4, 0.5) is 8.78 Å². The van der Waals surface area contributed by atoms with Crippen LogP contribution in [0.15, 0.2) is 47.4 Å². The van der Waals surface area contributed by atoms with Gasteiger partial charge >= 0.3 is 0 Å². The standard InChI is InChI=1S/C23H19Cl3F2N4O5S/c24-14-3-1-13(2-4-14)9-17-21(34)30(11-19(27)28)12-23(22(29)35)31(8-7-20(33)32(17)23)38(36,37)18-6-5-15(25)10-16(18)26/h1-6,10,17,19H,8-9,11-12H2,(H2,29,35). The fourth-order valence-corrected chi connectivity index (χ4v) is 7.09. The molecule has 2 N–H and O–H groups in total. The Bertz CT molecular complexity index is 1400. The average molecular weight is 608 g/mol. The lowest BCUT2D eigenvalue weighted by Crippen LogP contribution is -2.83. The van der Waals surface area contributed by atoms with Crippen LogP contribution < -0.4 is 5.73 Å². The molecule has 2 aromatic rings. The van der Waals surface area contributed by atoms with E-state index in [4.69, 9.17) is 40.5 Å². The van der Waals surface area contributed by atoms with Crippen LogP contribution in [-0.4, -0.2) is 78.0 Å². The Balaban J connectivity index is 1.91. The highest BCUT2D eigenvalue weighted by Gasteiger charge is 2.64. The predicted molar refractivity (Wildman–Crippen MR) is 134 cm³/mol. The van der Waals surface area contributed by atoms with Gasteiger partial charge in [-0.15, -0.1) is 0 Å². The van der Waals surface area contributed by atoms with Crippen LogP contribution in [-0.2, 0) is 30.8 Å². The van der Waals surface area contributed by atoms with E-state index in [1.54, 1.807) is 0 Å². The molecule has 2 atom stereocenters. The van der Waals surface area contributed by atoms with Crippen LogP contribution >= 0.6 is 34.8 Å². The number of carbonyl (C=O) groups excluding carboxylic acids is 3. The highest BCUT2D eigenvalue weighted by atomic mass is 35.5. The van der Waals surface area contributed by atoms with Crippen molar-refractivity contribution in [2.75, 3.05) is 19.6 Å². The van der Waals surface area contributed by atoms with Crippen LogP contribution in [0.3, 0.4) is 0 Å². The molecular formula is C23H19Cl3F2N4O5S. The van der Waals surface area contributed by atoms with Gasteiger partial charge in [0.2, 0.25) is 27.5 Å². The lowest BCUT2D eigenvalue weighted by molar-refractivity contribution is -0.182. The highest BCUT2D eigenvalue weighted by molar-refractivity contribution is 7.89. The summed E-state index contributed by atoms with van der Waals surface area (Å²) < 4.78 is 55.3. The van der Waals surface area contributed by atoms with E-state index in [0.29, 0.717) is 24.7 Å². The zero-order valence-electron chi connectivity index (χ0n) is 19.3. The van der Waals surface area contributed by atoms with Gasteiger partial charge in [0.05, 0.1) is 24.5 Å². The molecular weight excluding hydrogens is 589 g/mol. The minimum atomic E-state index is -4.74. The lowest BCUT2D eigenvalue weighted by atomic mass is 9.91. The number of fused-ring (bicyclic) bond motifs is 1. The van der Waals surface area contributed by atoms with Gasteiger partial charge in [0, 0.05) is 23.0 Å². The third kappa shape index (κ3) is 4.95. The SMILES string of the molecule is NC(=O)C12CN(CC(F)F)C(=O)C(Cc3ccc(Cl)cc3)N1C(=O)[C]CN2S(=O)(=O)c1ccc(Cl)cc1Cl. The topological polar surface area (TPSA) is 121 Å². The fourth-order valence-electron chi connectivity index (χ4n) is 4.61. The lowest BCUT2D eigenvalue weighted by Gasteiger charge is -2.57. The molecule has 3 amide bonds. The summed E-state index contributed by atoms with van der Waals surface area (Å²) in [6.45, 7) is -2.82. The number of nitrogens with two attached hydrogens (primary N) is 1. The Kier molecular flexibility index (Phi) is 7.93. The first-order chi connectivity index (χ1) is 17.8. The van der Waals surface area contributed by atoms with Crippen molar-refractivity contribution < 1.29 is 31.6 Å². The van der Waals surface area contributed by atoms with E-state index < -0.39 is 70.4 Å². The molecule has 0 bridgehead atoms. The first-order valence-corrected chi connectivity index (χ1v) is 13.5. The molecule has 2 radical (unpaired) electrons. The summed E-state index contributed by atoms with van der Waals surface area (Å²) in [6.07, 6.45) is -0.949. The summed E-state index contributed by atoms with van der Waals surface area (Å²) in [4.78, 5) is 40.6. The van der Waals surface area contributed by atoms with E-state index in [2.05, 4.69) is 6.42 Å². The third-order valence-corrected chi connectivity index (χ3v) is 9.12. The quantitative estimate of drug-likeness (QED) is 0.519. The van der Waals surface area contributed by atoms with E-state index in [1.807, 2.05) is 0 Å². The van der Waals surface area contributed by atoms with Crippen LogP contribution in [0.2, 0.25) is 15.1 Å². The molecule has 2 aliphatic heterocycles. The van der Waals surface area contributed by atoms with Crippen molar-refractivity contribution in [3.63, 3.8) is 0 Å². The molecule has 2 saturated heterocycles. The first kappa shape index (κ1) is 28.5. The van der Waals surface area contributed by atoms with Gasteiger partial charge in [0.1, 0.15) is 10.9 Å². The molecule has 38 heavy (non-hydrogen) atoms. The van der Waals surface area contributed by atoms with Crippen molar-refractivity contribution in [3.05, 3.63) is 69.5 Å². The number of alkyl halides is 2. The molecule has 9 nitrogen and oxygen atoms in total. The number of amides is 3. The van der Waals surface area contributed by atoms with Gasteiger partial charge in [-0.3, -0.25) is 14.4 Å². The Morgan fingerprint density at radius 3 is 2.32 bits per heavy atom. The summed E-state index contributed by atoms with van der Waals surface area (Å²) in [7, 11) is -4.74. The van der Waals surface area contributed by atoms with Gasteiger partial charge in [0.15, 0.2) is 0 Å². The van der Waals surface area contributed by atoms with Crippen LogP contribution in [0, 0.1) is 6.42 Å². The van der Waals surface area contributed by atoms with Gasteiger partial charge in [-0.2, -0.15) is 4.31 Å². The Morgan fingerprint density at radius 2 is 1.74 bits per heavy atom. The van der Waals surface area contributed by atoms with E-state index >= 15 is 0 Å². The monoisotopic (exact) mass is 606 g/mol. The van der Waals surface area contributed by atoms with Crippen molar-refractivity contribution in [2.45, 2.75) is 29.4 Å². The van der Waals surface area contributed by atoms with Crippen molar-refractivity contribution in [3.8, 4) is 0 Å². The number of halogens is 5. The Hall–Kier alpha value is -2.51. The van der Waals surface area contributed by atoms with E-state index in [-0.39, 0.29) is 16.5 Å². The molecule has 0 aromatic heterocycles. The first-order valence-electron chi connectivity index (χ1n) is 11.0. The number of hydrogen-bond acceptors (Lipinski definition) is 5. The summed E-state index contributed by atoms with van der Waals surface area (Å²) in [6, 6.07) is 8.02. The van der Waals surface area contributed by atoms with Crippen LogP contribution in [0.25, 0.3) is 0 Å². The highest BCUT2D eigenvalue weighted by Crippen LogP contribution is 2.40. The minimum absolute atomic E-state index is 0.126. The summed E-state index contributed by atoms with van der Waals surface area (Å²) in [5.74, 6) is -3.26. The van der Waals surface area contributed by atoms with Gasteiger partial charge in [-0.25, -0.2) is 17.2 Å². The number of primary amides is 1. The van der Waals surface area contributed by atoms with Gasteiger partial charge in [0.25, 0.3) is 12.3 Å². The molecule has 2 heterocycles. The second-order valence-corrected chi connectivity index (χ2v) is 11.7. The third-order valence-electron chi connectivity index (χ3n) is 6.28. The molecule has 2 fully saturated rings. The van der Waals surface area contributed by atoms with E-state index in [9.17, 15) is 31.6 Å². The molecule has 202 valence electrons.